The molecule has 1 rings (SSSR count). The van der Waals surface area contributed by atoms with E-state index in [4.69, 9.17) is 10.5 Å². The SMILES string of the molecule is CC(C)C[C@H](NC(=O)[C@H](Cc1cccc(Br)c1)NC(=O)OC(C)(C)C)C(N)=O. The van der Waals surface area contributed by atoms with Gasteiger partial charge in [0.25, 0.3) is 0 Å². The molecule has 0 fully saturated rings. The van der Waals surface area contributed by atoms with Gasteiger partial charge in [-0.2, -0.15) is 0 Å². The third kappa shape index (κ3) is 9.21. The van der Waals surface area contributed by atoms with Gasteiger partial charge in [-0.05, 0) is 50.8 Å². The Morgan fingerprint density at radius 1 is 1.14 bits per heavy atom. The van der Waals surface area contributed by atoms with Gasteiger partial charge in [0.2, 0.25) is 11.8 Å². The molecule has 0 aliphatic heterocycles. The molecule has 4 N–H and O–H groups in total. The first-order chi connectivity index (χ1) is 12.9. The molecular weight excluding hydrogens is 426 g/mol. The molecule has 0 spiro atoms. The zero-order valence-electron chi connectivity index (χ0n) is 17.0. The van der Waals surface area contributed by atoms with Gasteiger partial charge in [0, 0.05) is 10.9 Å². The number of hydrogen-bond donors (Lipinski definition) is 3. The number of carbonyl (C=O) groups excluding carboxylic acids is 3. The van der Waals surface area contributed by atoms with Crippen molar-refractivity contribution in [2.24, 2.45) is 11.7 Å². The number of alkyl carbamates (subject to hydrolysis) is 1. The molecule has 0 unspecified atom stereocenters. The smallest absolute Gasteiger partial charge is 0.408 e. The molecule has 0 aromatic heterocycles. The number of benzene rings is 1. The highest BCUT2D eigenvalue weighted by Gasteiger charge is 2.28. The lowest BCUT2D eigenvalue weighted by Gasteiger charge is -2.25. The summed E-state index contributed by atoms with van der Waals surface area (Å²) in [5.41, 5.74) is 5.56. The molecule has 0 aliphatic rings. The van der Waals surface area contributed by atoms with Crippen molar-refractivity contribution in [1.82, 2.24) is 10.6 Å². The molecule has 3 amide bonds. The molecule has 7 nitrogen and oxygen atoms in total. The molecule has 0 saturated heterocycles. The van der Waals surface area contributed by atoms with Crippen LogP contribution in [-0.4, -0.2) is 35.6 Å². The van der Waals surface area contributed by atoms with E-state index in [1.54, 1.807) is 20.8 Å². The van der Waals surface area contributed by atoms with Crippen LogP contribution in [0.4, 0.5) is 4.79 Å². The van der Waals surface area contributed by atoms with Crippen molar-refractivity contribution in [2.45, 2.75) is 65.1 Å². The van der Waals surface area contributed by atoms with E-state index in [1.807, 2.05) is 38.1 Å². The Hall–Kier alpha value is -2.09. The number of hydrogen-bond acceptors (Lipinski definition) is 4. The van der Waals surface area contributed by atoms with Crippen LogP contribution in [0.5, 0.6) is 0 Å². The van der Waals surface area contributed by atoms with Gasteiger partial charge in [-0.25, -0.2) is 4.79 Å². The van der Waals surface area contributed by atoms with E-state index in [1.165, 1.54) is 0 Å². The maximum Gasteiger partial charge on any atom is 0.408 e. The van der Waals surface area contributed by atoms with Crippen LogP contribution in [0.1, 0.15) is 46.6 Å². The molecular formula is C20H30BrN3O4. The highest BCUT2D eigenvalue weighted by atomic mass is 79.9. The van der Waals surface area contributed by atoms with E-state index < -0.39 is 35.6 Å². The van der Waals surface area contributed by atoms with Crippen molar-refractivity contribution in [3.05, 3.63) is 34.3 Å². The van der Waals surface area contributed by atoms with Crippen molar-refractivity contribution in [3.63, 3.8) is 0 Å². The number of halogens is 1. The summed E-state index contributed by atoms with van der Waals surface area (Å²) < 4.78 is 6.12. The summed E-state index contributed by atoms with van der Waals surface area (Å²) in [5, 5.41) is 5.25. The fraction of sp³-hybridized carbons (Fsp3) is 0.550. The summed E-state index contributed by atoms with van der Waals surface area (Å²) >= 11 is 3.39. The van der Waals surface area contributed by atoms with Crippen molar-refractivity contribution in [2.75, 3.05) is 0 Å². The number of nitrogens with one attached hydrogen (secondary N) is 2. The number of primary amides is 1. The zero-order chi connectivity index (χ0) is 21.5. The van der Waals surface area contributed by atoms with Crippen molar-refractivity contribution in [1.29, 1.82) is 0 Å². The quantitative estimate of drug-likeness (QED) is 0.559. The van der Waals surface area contributed by atoms with Gasteiger partial charge in [-0.3, -0.25) is 9.59 Å². The second kappa shape index (κ2) is 10.5. The summed E-state index contributed by atoms with van der Waals surface area (Å²) in [7, 11) is 0. The molecule has 0 heterocycles. The Morgan fingerprint density at radius 3 is 2.29 bits per heavy atom. The minimum Gasteiger partial charge on any atom is -0.444 e. The van der Waals surface area contributed by atoms with Crippen LogP contribution < -0.4 is 16.4 Å². The van der Waals surface area contributed by atoms with Gasteiger partial charge in [-0.1, -0.05) is 41.9 Å². The molecule has 1 aromatic carbocycles. The number of carbonyl (C=O) groups is 3. The monoisotopic (exact) mass is 455 g/mol. The molecule has 8 heteroatoms. The Balaban J connectivity index is 2.98. The molecule has 0 bridgehead atoms. The molecule has 2 atom stereocenters. The first-order valence-corrected chi connectivity index (χ1v) is 10.0. The summed E-state index contributed by atoms with van der Waals surface area (Å²) in [6, 6.07) is 5.69. The van der Waals surface area contributed by atoms with Gasteiger partial charge in [0.15, 0.2) is 0 Å². The van der Waals surface area contributed by atoms with Gasteiger partial charge in [0.1, 0.15) is 17.7 Å². The second-order valence-electron chi connectivity index (χ2n) is 8.13. The van der Waals surface area contributed by atoms with Crippen LogP contribution in [0, 0.1) is 5.92 Å². The van der Waals surface area contributed by atoms with Crippen LogP contribution in [0.25, 0.3) is 0 Å². The Kier molecular flexibility index (Phi) is 8.94. The van der Waals surface area contributed by atoms with Gasteiger partial charge in [0.05, 0.1) is 0 Å². The fourth-order valence-electron chi connectivity index (χ4n) is 2.55. The zero-order valence-corrected chi connectivity index (χ0v) is 18.6. The molecule has 1 aromatic rings. The van der Waals surface area contributed by atoms with E-state index in [0.717, 1.165) is 10.0 Å². The summed E-state index contributed by atoms with van der Waals surface area (Å²) in [4.78, 5) is 36.7. The van der Waals surface area contributed by atoms with E-state index in [-0.39, 0.29) is 12.3 Å². The molecule has 0 aliphatic carbocycles. The van der Waals surface area contributed by atoms with E-state index in [0.29, 0.717) is 6.42 Å². The normalized spacial score (nSPS) is 13.5. The third-order valence-electron chi connectivity index (χ3n) is 3.70. The molecule has 156 valence electrons. The molecule has 0 radical (unpaired) electrons. The Bertz CT molecular complexity index is 701. The number of rotatable bonds is 8. The van der Waals surface area contributed by atoms with Crippen molar-refractivity contribution >= 4 is 33.8 Å². The number of ether oxygens (including phenoxy) is 1. The maximum atomic E-state index is 12.8. The lowest BCUT2D eigenvalue weighted by molar-refractivity contribution is -0.128. The lowest BCUT2D eigenvalue weighted by Crippen LogP contribution is -2.54. The van der Waals surface area contributed by atoms with Crippen LogP contribution in [0.3, 0.4) is 0 Å². The standard InChI is InChI=1S/C20H30BrN3O4/c1-12(2)9-15(17(22)25)23-18(26)16(24-19(27)28-20(3,4)5)11-13-7-6-8-14(21)10-13/h6-8,10,12,15-16H,9,11H2,1-5H3,(H2,22,25)(H,23,26)(H,24,27)/t15-,16-/m0/s1. The van der Waals surface area contributed by atoms with Crippen LogP contribution >= 0.6 is 15.9 Å². The van der Waals surface area contributed by atoms with Crippen molar-refractivity contribution < 1.29 is 19.1 Å². The molecule has 28 heavy (non-hydrogen) atoms. The van der Waals surface area contributed by atoms with Crippen LogP contribution in [0.2, 0.25) is 0 Å². The van der Waals surface area contributed by atoms with Crippen LogP contribution in [0.15, 0.2) is 28.7 Å². The maximum absolute atomic E-state index is 12.8. The predicted molar refractivity (Wildman–Crippen MR) is 112 cm³/mol. The Morgan fingerprint density at radius 2 is 1.79 bits per heavy atom. The predicted octanol–water partition coefficient (Wildman–Crippen LogP) is 2.90. The van der Waals surface area contributed by atoms with E-state index in [9.17, 15) is 14.4 Å². The summed E-state index contributed by atoms with van der Waals surface area (Å²) in [6.45, 7) is 9.07. The highest BCUT2D eigenvalue weighted by Crippen LogP contribution is 2.14. The second-order valence-corrected chi connectivity index (χ2v) is 9.04. The van der Waals surface area contributed by atoms with E-state index >= 15 is 0 Å². The van der Waals surface area contributed by atoms with Gasteiger partial charge in [-0.15, -0.1) is 0 Å². The van der Waals surface area contributed by atoms with Gasteiger partial charge < -0.3 is 21.1 Å². The highest BCUT2D eigenvalue weighted by molar-refractivity contribution is 9.10. The number of amides is 3. The minimum atomic E-state index is -0.918. The first kappa shape index (κ1) is 23.9. The topological polar surface area (TPSA) is 111 Å². The minimum absolute atomic E-state index is 0.167. The first-order valence-electron chi connectivity index (χ1n) is 9.21. The third-order valence-corrected chi connectivity index (χ3v) is 4.20. The lowest BCUT2D eigenvalue weighted by atomic mass is 10.0. The Labute approximate surface area is 174 Å². The fourth-order valence-corrected chi connectivity index (χ4v) is 3.00. The number of nitrogens with two attached hydrogens (primary N) is 1. The average molecular weight is 456 g/mol. The van der Waals surface area contributed by atoms with Crippen LogP contribution in [-0.2, 0) is 20.7 Å². The van der Waals surface area contributed by atoms with E-state index in [2.05, 4.69) is 26.6 Å². The van der Waals surface area contributed by atoms with Crippen molar-refractivity contribution in [3.8, 4) is 0 Å². The summed E-state index contributed by atoms with van der Waals surface area (Å²) in [6.07, 6.45) is -0.0587. The average Bonchev–Trinajstić information content (AvgIpc) is 2.51. The molecule has 0 saturated carbocycles. The van der Waals surface area contributed by atoms with Gasteiger partial charge >= 0.3 is 6.09 Å². The summed E-state index contributed by atoms with van der Waals surface area (Å²) in [5.74, 6) is -0.934. The largest absolute Gasteiger partial charge is 0.444 e.